The third-order valence-electron chi connectivity index (χ3n) is 4.68. The summed E-state index contributed by atoms with van der Waals surface area (Å²) in [6.45, 7) is 8.53. The highest BCUT2D eigenvalue weighted by molar-refractivity contribution is 7.15. The SMILES string of the molecule is CCNCc1sc(N2CCC(C)C(OC)C2)nc1C1CC1. The molecule has 2 unspecified atom stereocenters. The largest absolute Gasteiger partial charge is 0.379 e. The van der Waals surface area contributed by atoms with Crippen LogP contribution in [-0.4, -0.2) is 37.8 Å². The number of nitrogens with zero attached hydrogens (tertiary/aromatic N) is 2. The molecule has 1 aliphatic heterocycles. The fourth-order valence-electron chi connectivity index (χ4n) is 3.04. The van der Waals surface area contributed by atoms with E-state index in [1.165, 1.54) is 35.0 Å². The number of thiazole rings is 1. The molecule has 2 aliphatic rings. The first-order chi connectivity index (χ1) is 10.2. The molecule has 21 heavy (non-hydrogen) atoms. The standard InChI is InChI=1S/C16H27N3OS/c1-4-17-9-14-15(12-5-6-12)18-16(21-14)19-8-7-11(2)13(10-19)20-3/h11-13,17H,4-10H2,1-3H3. The van der Waals surface area contributed by atoms with Crippen molar-refractivity contribution < 1.29 is 4.74 Å². The zero-order chi connectivity index (χ0) is 14.8. The number of nitrogens with one attached hydrogen (secondary N) is 1. The van der Waals surface area contributed by atoms with Crippen LogP contribution < -0.4 is 10.2 Å². The number of rotatable bonds is 6. The first-order valence-corrected chi connectivity index (χ1v) is 9.02. The number of hydrogen-bond acceptors (Lipinski definition) is 5. The Hall–Kier alpha value is -0.650. The van der Waals surface area contributed by atoms with E-state index in [0.717, 1.165) is 32.1 Å². The zero-order valence-electron chi connectivity index (χ0n) is 13.4. The van der Waals surface area contributed by atoms with Crippen molar-refractivity contribution >= 4 is 16.5 Å². The first-order valence-electron chi connectivity index (χ1n) is 8.21. The van der Waals surface area contributed by atoms with E-state index in [9.17, 15) is 0 Å². The van der Waals surface area contributed by atoms with E-state index >= 15 is 0 Å². The van der Waals surface area contributed by atoms with Gasteiger partial charge in [-0.2, -0.15) is 0 Å². The Morgan fingerprint density at radius 2 is 2.19 bits per heavy atom. The quantitative estimate of drug-likeness (QED) is 0.876. The van der Waals surface area contributed by atoms with Crippen LogP contribution in [0.5, 0.6) is 0 Å². The number of piperidine rings is 1. The maximum atomic E-state index is 5.64. The van der Waals surface area contributed by atoms with E-state index < -0.39 is 0 Å². The minimum Gasteiger partial charge on any atom is -0.379 e. The molecule has 5 heteroatoms. The van der Waals surface area contributed by atoms with Crippen LogP contribution in [0, 0.1) is 5.92 Å². The van der Waals surface area contributed by atoms with Crippen molar-refractivity contribution in [3.63, 3.8) is 0 Å². The molecule has 2 heterocycles. The van der Waals surface area contributed by atoms with Crippen molar-refractivity contribution in [2.24, 2.45) is 5.92 Å². The number of aromatic nitrogens is 1. The van der Waals surface area contributed by atoms with Gasteiger partial charge < -0.3 is 15.0 Å². The number of anilines is 1. The molecule has 0 bridgehead atoms. The fourth-order valence-corrected chi connectivity index (χ4v) is 4.19. The van der Waals surface area contributed by atoms with Crippen LogP contribution in [-0.2, 0) is 11.3 Å². The summed E-state index contributed by atoms with van der Waals surface area (Å²) in [6.07, 6.45) is 4.17. The fraction of sp³-hybridized carbons (Fsp3) is 0.812. The van der Waals surface area contributed by atoms with Gasteiger partial charge in [-0.3, -0.25) is 0 Å². The smallest absolute Gasteiger partial charge is 0.185 e. The van der Waals surface area contributed by atoms with Gasteiger partial charge in [0.05, 0.1) is 11.8 Å². The van der Waals surface area contributed by atoms with Crippen LogP contribution in [0.25, 0.3) is 0 Å². The highest BCUT2D eigenvalue weighted by atomic mass is 32.1. The van der Waals surface area contributed by atoms with Gasteiger partial charge in [0.1, 0.15) is 0 Å². The van der Waals surface area contributed by atoms with Gasteiger partial charge in [-0.05, 0) is 31.7 Å². The molecule has 2 atom stereocenters. The normalized spacial score (nSPS) is 26.3. The van der Waals surface area contributed by atoms with Crippen molar-refractivity contribution in [2.75, 3.05) is 31.6 Å². The van der Waals surface area contributed by atoms with Crippen LogP contribution in [0.2, 0.25) is 0 Å². The molecule has 1 aromatic rings. The Kier molecular flexibility index (Phi) is 4.82. The van der Waals surface area contributed by atoms with Crippen LogP contribution in [0.15, 0.2) is 0 Å². The molecule has 1 saturated carbocycles. The van der Waals surface area contributed by atoms with Gasteiger partial charge in [0.15, 0.2) is 5.13 Å². The maximum absolute atomic E-state index is 5.64. The van der Waals surface area contributed by atoms with Crippen LogP contribution in [0.3, 0.4) is 0 Å². The average Bonchev–Trinajstić information content (AvgIpc) is 3.26. The van der Waals surface area contributed by atoms with E-state index in [2.05, 4.69) is 24.1 Å². The summed E-state index contributed by atoms with van der Waals surface area (Å²) in [5, 5.41) is 4.67. The van der Waals surface area contributed by atoms with Gasteiger partial charge in [-0.1, -0.05) is 13.8 Å². The van der Waals surface area contributed by atoms with E-state index in [4.69, 9.17) is 9.72 Å². The Bertz CT molecular complexity index is 472. The second-order valence-electron chi connectivity index (χ2n) is 6.35. The molecule has 1 aromatic heterocycles. The topological polar surface area (TPSA) is 37.4 Å². The summed E-state index contributed by atoms with van der Waals surface area (Å²) in [4.78, 5) is 8.87. The summed E-state index contributed by atoms with van der Waals surface area (Å²) in [6, 6.07) is 0. The Morgan fingerprint density at radius 1 is 1.38 bits per heavy atom. The summed E-state index contributed by atoms with van der Waals surface area (Å²) >= 11 is 1.88. The molecule has 0 amide bonds. The van der Waals surface area contributed by atoms with Crippen molar-refractivity contribution in [3.05, 3.63) is 10.6 Å². The minimum absolute atomic E-state index is 0.337. The van der Waals surface area contributed by atoms with Crippen molar-refractivity contribution in [1.82, 2.24) is 10.3 Å². The lowest BCUT2D eigenvalue weighted by atomic mass is 9.96. The molecule has 3 rings (SSSR count). The number of methoxy groups -OCH3 is 1. The molecule has 4 nitrogen and oxygen atoms in total. The van der Waals surface area contributed by atoms with E-state index in [1.54, 1.807) is 0 Å². The first kappa shape index (κ1) is 15.3. The lowest BCUT2D eigenvalue weighted by molar-refractivity contribution is 0.0498. The Morgan fingerprint density at radius 3 is 2.86 bits per heavy atom. The zero-order valence-corrected chi connectivity index (χ0v) is 14.2. The van der Waals surface area contributed by atoms with Gasteiger partial charge >= 0.3 is 0 Å². The lowest BCUT2D eigenvalue weighted by Gasteiger charge is -2.36. The van der Waals surface area contributed by atoms with Crippen LogP contribution in [0.1, 0.15) is 49.6 Å². The van der Waals surface area contributed by atoms with Crippen LogP contribution in [0.4, 0.5) is 5.13 Å². The lowest BCUT2D eigenvalue weighted by Crippen LogP contribution is -2.43. The van der Waals surface area contributed by atoms with Gasteiger partial charge in [-0.15, -0.1) is 11.3 Å². The van der Waals surface area contributed by atoms with E-state index in [1.807, 2.05) is 18.4 Å². The molecule has 1 aliphatic carbocycles. The highest BCUT2D eigenvalue weighted by Crippen LogP contribution is 2.44. The summed E-state index contributed by atoms with van der Waals surface area (Å²) in [7, 11) is 1.83. The second kappa shape index (κ2) is 6.63. The van der Waals surface area contributed by atoms with Crippen molar-refractivity contribution in [3.8, 4) is 0 Å². The third-order valence-corrected chi connectivity index (χ3v) is 5.81. The van der Waals surface area contributed by atoms with Gasteiger partial charge in [0.2, 0.25) is 0 Å². The van der Waals surface area contributed by atoms with Crippen LogP contribution >= 0.6 is 11.3 Å². The van der Waals surface area contributed by atoms with E-state index in [0.29, 0.717) is 12.0 Å². The summed E-state index contributed by atoms with van der Waals surface area (Å²) in [5.41, 5.74) is 1.36. The molecule has 0 aromatic carbocycles. The monoisotopic (exact) mass is 309 g/mol. The van der Waals surface area contributed by atoms with Gasteiger partial charge in [0, 0.05) is 37.5 Å². The molecular weight excluding hydrogens is 282 g/mol. The number of hydrogen-bond donors (Lipinski definition) is 1. The second-order valence-corrected chi connectivity index (χ2v) is 7.41. The molecule has 0 radical (unpaired) electrons. The Balaban J connectivity index is 1.75. The average molecular weight is 309 g/mol. The predicted molar refractivity (Wildman–Crippen MR) is 88.3 cm³/mol. The molecule has 2 fully saturated rings. The highest BCUT2D eigenvalue weighted by Gasteiger charge is 2.32. The van der Waals surface area contributed by atoms with Gasteiger partial charge in [0.25, 0.3) is 0 Å². The molecule has 0 spiro atoms. The molecule has 1 N–H and O–H groups in total. The van der Waals surface area contributed by atoms with Crippen molar-refractivity contribution in [1.29, 1.82) is 0 Å². The van der Waals surface area contributed by atoms with E-state index in [-0.39, 0.29) is 0 Å². The van der Waals surface area contributed by atoms with Crippen molar-refractivity contribution in [2.45, 2.75) is 51.7 Å². The Labute approximate surface area is 131 Å². The minimum atomic E-state index is 0.337. The molecule has 118 valence electrons. The third kappa shape index (κ3) is 3.41. The maximum Gasteiger partial charge on any atom is 0.185 e. The molecular formula is C16H27N3OS. The summed E-state index contributed by atoms with van der Waals surface area (Å²) < 4.78 is 5.64. The number of ether oxygens (including phenoxy) is 1. The van der Waals surface area contributed by atoms with Gasteiger partial charge in [-0.25, -0.2) is 4.98 Å². The predicted octanol–water partition coefficient (Wildman–Crippen LogP) is 2.99. The molecule has 1 saturated heterocycles. The summed E-state index contributed by atoms with van der Waals surface area (Å²) in [5.74, 6) is 1.38.